The third kappa shape index (κ3) is 3.42. The van der Waals surface area contributed by atoms with E-state index in [1.165, 1.54) is 0 Å². The van der Waals surface area contributed by atoms with Gasteiger partial charge < -0.3 is 5.32 Å². The highest BCUT2D eigenvalue weighted by molar-refractivity contribution is 5.32. The number of nitrogens with zero attached hydrogens (tertiary/aromatic N) is 3. The van der Waals surface area contributed by atoms with Crippen LogP contribution in [0.15, 0.2) is 36.5 Å². The van der Waals surface area contributed by atoms with Gasteiger partial charge in [-0.05, 0) is 31.5 Å². The lowest BCUT2D eigenvalue weighted by Crippen LogP contribution is -2.23. The monoisotopic (exact) mass is 274 g/mol. The molecule has 106 valence electrons. The average molecular weight is 274 g/mol. The second-order valence-electron chi connectivity index (χ2n) is 4.73. The quantitative estimate of drug-likeness (QED) is 0.647. The van der Waals surface area contributed by atoms with E-state index in [1.54, 1.807) is 30.5 Å². The lowest BCUT2D eigenvalue weighted by molar-refractivity contribution is -0.384. The number of aromatic nitrogens is 2. The van der Waals surface area contributed by atoms with Crippen LogP contribution < -0.4 is 5.32 Å². The van der Waals surface area contributed by atoms with Crippen molar-refractivity contribution in [2.75, 3.05) is 6.54 Å². The molecule has 1 unspecified atom stereocenters. The fraction of sp³-hybridized carbons (Fsp3) is 0.357. The van der Waals surface area contributed by atoms with Gasteiger partial charge in [0.05, 0.1) is 10.6 Å². The zero-order chi connectivity index (χ0) is 14.5. The largest absolute Gasteiger partial charge is 0.309 e. The standard InChI is InChI=1S/C14H18N4O2/c1-11(14-8-10-16-17(14)2)15-9-7-12-3-5-13(6-4-12)18(19)20/h3-6,8,10-11,15H,7,9H2,1-2H3. The molecule has 6 nitrogen and oxygen atoms in total. The normalized spacial score (nSPS) is 12.3. The van der Waals surface area contributed by atoms with Crippen LogP contribution in [-0.4, -0.2) is 21.2 Å². The Labute approximate surface area is 117 Å². The smallest absolute Gasteiger partial charge is 0.269 e. The van der Waals surface area contributed by atoms with E-state index in [0.717, 1.165) is 24.2 Å². The Kier molecular flexibility index (Phi) is 4.47. The summed E-state index contributed by atoms with van der Waals surface area (Å²) in [6.07, 6.45) is 2.62. The first kappa shape index (κ1) is 14.2. The van der Waals surface area contributed by atoms with Crippen molar-refractivity contribution in [3.05, 3.63) is 57.9 Å². The lowest BCUT2D eigenvalue weighted by Gasteiger charge is -2.14. The van der Waals surface area contributed by atoms with Crippen molar-refractivity contribution in [1.29, 1.82) is 0 Å². The first-order valence-electron chi connectivity index (χ1n) is 6.52. The fourth-order valence-corrected chi connectivity index (χ4v) is 2.13. The van der Waals surface area contributed by atoms with Crippen molar-refractivity contribution < 1.29 is 4.92 Å². The summed E-state index contributed by atoms with van der Waals surface area (Å²) < 4.78 is 1.85. The number of hydrogen-bond acceptors (Lipinski definition) is 4. The zero-order valence-corrected chi connectivity index (χ0v) is 11.6. The summed E-state index contributed by atoms with van der Waals surface area (Å²) >= 11 is 0. The Morgan fingerprint density at radius 1 is 1.35 bits per heavy atom. The van der Waals surface area contributed by atoms with Gasteiger partial charge in [0.25, 0.3) is 5.69 Å². The number of benzene rings is 1. The molecule has 1 N–H and O–H groups in total. The van der Waals surface area contributed by atoms with Gasteiger partial charge in [0, 0.05) is 31.4 Å². The average Bonchev–Trinajstić information content (AvgIpc) is 2.85. The Morgan fingerprint density at radius 3 is 2.60 bits per heavy atom. The van der Waals surface area contributed by atoms with Crippen LogP contribution in [-0.2, 0) is 13.5 Å². The molecule has 2 rings (SSSR count). The minimum atomic E-state index is -0.382. The van der Waals surface area contributed by atoms with Crippen molar-refractivity contribution in [2.45, 2.75) is 19.4 Å². The Hall–Kier alpha value is -2.21. The van der Waals surface area contributed by atoms with Crippen LogP contribution in [0.2, 0.25) is 0 Å². The molecule has 0 aliphatic rings. The summed E-state index contributed by atoms with van der Waals surface area (Å²) in [5.41, 5.74) is 2.35. The minimum absolute atomic E-state index is 0.130. The summed E-state index contributed by atoms with van der Waals surface area (Å²) in [6.45, 7) is 2.90. The van der Waals surface area contributed by atoms with Gasteiger partial charge in [-0.25, -0.2) is 0 Å². The molecule has 0 aliphatic heterocycles. The van der Waals surface area contributed by atoms with E-state index < -0.39 is 0 Å². The van der Waals surface area contributed by atoms with E-state index in [4.69, 9.17) is 0 Å². The van der Waals surface area contributed by atoms with E-state index in [0.29, 0.717) is 0 Å². The van der Waals surface area contributed by atoms with Crippen LogP contribution in [0.1, 0.15) is 24.2 Å². The predicted octanol–water partition coefficient (Wildman–Crippen LogP) is 2.22. The van der Waals surface area contributed by atoms with Gasteiger partial charge in [-0.2, -0.15) is 5.10 Å². The maximum absolute atomic E-state index is 10.6. The van der Waals surface area contributed by atoms with Crippen molar-refractivity contribution >= 4 is 5.69 Å². The molecular weight excluding hydrogens is 256 g/mol. The Balaban J connectivity index is 1.84. The SMILES string of the molecule is CC(NCCc1ccc([N+](=O)[O-])cc1)c1ccnn1C. The van der Waals surface area contributed by atoms with E-state index in [1.807, 2.05) is 17.8 Å². The van der Waals surface area contributed by atoms with Crippen LogP contribution in [0.25, 0.3) is 0 Å². The summed E-state index contributed by atoms with van der Waals surface area (Å²) in [5, 5.41) is 18.1. The van der Waals surface area contributed by atoms with Crippen molar-refractivity contribution in [3.63, 3.8) is 0 Å². The first-order chi connectivity index (χ1) is 9.58. The molecule has 20 heavy (non-hydrogen) atoms. The molecule has 0 fully saturated rings. The van der Waals surface area contributed by atoms with E-state index >= 15 is 0 Å². The second-order valence-corrected chi connectivity index (χ2v) is 4.73. The molecule has 0 aliphatic carbocycles. The molecule has 0 saturated carbocycles. The number of nitro benzene ring substituents is 1. The molecule has 1 aromatic carbocycles. The molecule has 1 atom stereocenters. The Bertz CT molecular complexity index is 577. The number of nitro groups is 1. The predicted molar refractivity (Wildman–Crippen MR) is 76.4 cm³/mol. The summed E-state index contributed by atoms with van der Waals surface area (Å²) in [6, 6.07) is 8.90. The number of nitrogens with one attached hydrogen (secondary N) is 1. The minimum Gasteiger partial charge on any atom is -0.309 e. The molecule has 0 bridgehead atoms. The summed E-state index contributed by atoms with van der Waals surface area (Å²) in [7, 11) is 1.92. The van der Waals surface area contributed by atoms with Gasteiger partial charge in [0.15, 0.2) is 0 Å². The molecule has 0 amide bonds. The third-order valence-electron chi connectivity index (χ3n) is 3.31. The van der Waals surface area contributed by atoms with E-state index in [2.05, 4.69) is 17.3 Å². The zero-order valence-electron chi connectivity index (χ0n) is 11.6. The summed E-state index contributed by atoms with van der Waals surface area (Å²) in [5.74, 6) is 0. The number of rotatable bonds is 6. The lowest BCUT2D eigenvalue weighted by atomic mass is 10.1. The highest BCUT2D eigenvalue weighted by atomic mass is 16.6. The van der Waals surface area contributed by atoms with E-state index in [9.17, 15) is 10.1 Å². The van der Waals surface area contributed by atoms with Crippen LogP contribution in [0.3, 0.4) is 0 Å². The molecule has 2 aromatic rings. The second kappa shape index (κ2) is 6.29. The molecule has 0 spiro atoms. The number of hydrogen-bond donors (Lipinski definition) is 1. The van der Waals surface area contributed by atoms with Crippen molar-refractivity contribution in [1.82, 2.24) is 15.1 Å². The van der Waals surface area contributed by atoms with Gasteiger partial charge in [-0.3, -0.25) is 14.8 Å². The fourth-order valence-electron chi connectivity index (χ4n) is 2.13. The van der Waals surface area contributed by atoms with Gasteiger partial charge in [-0.1, -0.05) is 12.1 Å². The van der Waals surface area contributed by atoms with Gasteiger partial charge in [0.1, 0.15) is 0 Å². The van der Waals surface area contributed by atoms with Crippen LogP contribution in [0.4, 0.5) is 5.69 Å². The third-order valence-corrected chi connectivity index (χ3v) is 3.31. The van der Waals surface area contributed by atoms with Crippen LogP contribution in [0.5, 0.6) is 0 Å². The van der Waals surface area contributed by atoms with Crippen LogP contribution in [0, 0.1) is 10.1 Å². The Morgan fingerprint density at radius 2 is 2.05 bits per heavy atom. The number of aryl methyl sites for hydroxylation is 1. The highest BCUT2D eigenvalue weighted by Gasteiger charge is 2.08. The maximum atomic E-state index is 10.6. The van der Waals surface area contributed by atoms with Crippen LogP contribution >= 0.6 is 0 Å². The number of non-ortho nitro benzene ring substituents is 1. The molecular formula is C14H18N4O2. The topological polar surface area (TPSA) is 73.0 Å². The summed E-state index contributed by atoms with van der Waals surface area (Å²) in [4.78, 5) is 10.2. The molecule has 6 heteroatoms. The van der Waals surface area contributed by atoms with Gasteiger partial charge >= 0.3 is 0 Å². The maximum Gasteiger partial charge on any atom is 0.269 e. The molecule has 0 radical (unpaired) electrons. The van der Waals surface area contributed by atoms with Crippen molar-refractivity contribution in [3.8, 4) is 0 Å². The van der Waals surface area contributed by atoms with Gasteiger partial charge in [0.2, 0.25) is 0 Å². The van der Waals surface area contributed by atoms with Crippen molar-refractivity contribution in [2.24, 2.45) is 7.05 Å². The van der Waals surface area contributed by atoms with E-state index in [-0.39, 0.29) is 16.7 Å². The molecule has 0 saturated heterocycles. The molecule has 1 aromatic heterocycles. The molecule has 1 heterocycles. The van der Waals surface area contributed by atoms with Gasteiger partial charge in [-0.15, -0.1) is 0 Å². The first-order valence-corrected chi connectivity index (χ1v) is 6.52. The highest BCUT2D eigenvalue weighted by Crippen LogP contribution is 2.13.